The topological polar surface area (TPSA) is 20.3 Å². The van der Waals surface area contributed by atoms with Crippen LogP contribution in [0, 0.1) is 11.8 Å². The minimum Gasteiger partial charge on any atom is -0.298 e. The number of ketones is 1. The van der Waals surface area contributed by atoms with Crippen molar-refractivity contribution in [3.63, 3.8) is 0 Å². The highest BCUT2D eigenvalue weighted by Gasteiger charge is 2.38. The van der Waals surface area contributed by atoms with Gasteiger partial charge in [0.25, 0.3) is 0 Å². The Labute approximate surface area is 106 Å². The molecule has 98 valence electrons. The van der Waals surface area contributed by atoms with Gasteiger partial charge in [-0.3, -0.25) is 9.69 Å². The van der Waals surface area contributed by atoms with E-state index >= 15 is 0 Å². The molecule has 2 fully saturated rings. The summed E-state index contributed by atoms with van der Waals surface area (Å²) in [6.45, 7) is 2.90. The summed E-state index contributed by atoms with van der Waals surface area (Å²) in [5.41, 5.74) is 0. The minimum absolute atomic E-state index is 0.215. The van der Waals surface area contributed by atoms with Crippen molar-refractivity contribution in [1.82, 2.24) is 4.90 Å². The summed E-state index contributed by atoms with van der Waals surface area (Å²) in [7, 11) is 2.13. The Morgan fingerprint density at radius 1 is 1.00 bits per heavy atom. The zero-order valence-corrected chi connectivity index (χ0v) is 11.5. The number of hydrogen-bond acceptors (Lipinski definition) is 2. The fourth-order valence-corrected chi connectivity index (χ4v) is 3.99. The normalized spacial score (nSPS) is 36.5. The quantitative estimate of drug-likeness (QED) is 0.697. The van der Waals surface area contributed by atoms with Crippen LogP contribution in [0.3, 0.4) is 0 Å². The van der Waals surface area contributed by atoms with E-state index in [1.807, 2.05) is 0 Å². The van der Waals surface area contributed by atoms with E-state index in [1.165, 1.54) is 51.4 Å². The average Bonchev–Trinajstić information content (AvgIpc) is 2.39. The molecule has 1 aliphatic carbocycles. The average molecular weight is 237 g/mol. The maximum absolute atomic E-state index is 11.9. The molecule has 2 heteroatoms. The molecule has 0 amide bonds. The highest BCUT2D eigenvalue weighted by atomic mass is 16.1. The molecule has 0 aromatic rings. The molecular weight excluding hydrogens is 210 g/mol. The third kappa shape index (κ3) is 3.09. The van der Waals surface area contributed by atoms with Gasteiger partial charge in [0.15, 0.2) is 0 Å². The van der Waals surface area contributed by atoms with Gasteiger partial charge in [-0.05, 0) is 45.2 Å². The predicted molar refractivity (Wildman–Crippen MR) is 71.0 cm³/mol. The van der Waals surface area contributed by atoms with Gasteiger partial charge >= 0.3 is 0 Å². The van der Waals surface area contributed by atoms with E-state index in [1.54, 1.807) is 6.92 Å². The summed E-state index contributed by atoms with van der Waals surface area (Å²) < 4.78 is 0. The SMILES string of the molecule is CC(=O)C1C2CCCCCCCC2CCN1C. The number of carbonyl (C=O) groups is 1. The zero-order valence-electron chi connectivity index (χ0n) is 11.5. The molecule has 1 saturated heterocycles. The van der Waals surface area contributed by atoms with Gasteiger partial charge < -0.3 is 0 Å². The molecule has 0 aromatic carbocycles. The molecule has 2 rings (SSSR count). The van der Waals surface area contributed by atoms with Crippen molar-refractivity contribution in [3.05, 3.63) is 0 Å². The Morgan fingerprint density at radius 2 is 1.65 bits per heavy atom. The standard InChI is InChI=1S/C15H27NO/c1-12(17)15-14-9-7-5-3-4-6-8-13(14)10-11-16(15)2/h13-15H,3-11H2,1-2H3. The van der Waals surface area contributed by atoms with Crippen LogP contribution in [0.25, 0.3) is 0 Å². The Morgan fingerprint density at radius 3 is 2.35 bits per heavy atom. The number of rotatable bonds is 1. The van der Waals surface area contributed by atoms with Crippen molar-refractivity contribution in [2.75, 3.05) is 13.6 Å². The molecule has 3 unspecified atom stereocenters. The summed E-state index contributed by atoms with van der Waals surface area (Å²) in [6.07, 6.45) is 10.8. The fraction of sp³-hybridized carbons (Fsp3) is 0.933. The van der Waals surface area contributed by atoms with Crippen molar-refractivity contribution in [1.29, 1.82) is 0 Å². The van der Waals surface area contributed by atoms with Crippen LogP contribution in [0.4, 0.5) is 0 Å². The van der Waals surface area contributed by atoms with Crippen LogP contribution < -0.4 is 0 Å². The molecule has 17 heavy (non-hydrogen) atoms. The van der Waals surface area contributed by atoms with Crippen LogP contribution >= 0.6 is 0 Å². The van der Waals surface area contributed by atoms with Crippen LogP contribution in [0.5, 0.6) is 0 Å². The van der Waals surface area contributed by atoms with E-state index in [9.17, 15) is 4.79 Å². The molecule has 0 spiro atoms. The van der Waals surface area contributed by atoms with Crippen LogP contribution in [0.1, 0.15) is 58.3 Å². The van der Waals surface area contributed by atoms with E-state index in [4.69, 9.17) is 0 Å². The van der Waals surface area contributed by atoms with Gasteiger partial charge in [0.05, 0.1) is 6.04 Å². The number of Topliss-reactive ketones (excluding diaryl/α,β-unsaturated/α-hetero) is 1. The summed E-state index contributed by atoms with van der Waals surface area (Å²) in [4.78, 5) is 14.2. The lowest BCUT2D eigenvalue weighted by Crippen LogP contribution is -2.50. The van der Waals surface area contributed by atoms with Gasteiger partial charge in [0.2, 0.25) is 0 Å². The molecular formula is C15H27NO. The number of hydrogen-bond donors (Lipinski definition) is 0. The molecule has 1 heterocycles. The molecule has 3 atom stereocenters. The van der Waals surface area contributed by atoms with Gasteiger partial charge in [-0.2, -0.15) is 0 Å². The van der Waals surface area contributed by atoms with E-state index in [0.29, 0.717) is 11.7 Å². The van der Waals surface area contributed by atoms with Crippen molar-refractivity contribution >= 4 is 5.78 Å². The number of likely N-dealkylation sites (tertiary alicyclic amines) is 1. The lowest BCUT2D eigenvalue weighted by Gasteiger charge is -2.43. The van der Waals surface area contributed by atoms with Gasteiger partial charge in [0.1, 0.15) is 5.78 Å². The van der Waals surface area contributed by atoms with Crippen LogP contribution in [-0.2, 0) is 4.79 Å². The fourth-order valence-electron chi connectivity index (χ4n) is 3.99. The number of nitrogens with zero attached hydrogens (tertiary/aromatic N) is 1. The number of likely N-dealkylation sites (N-methyl/N-ethyl adjacent to an activating group) is 1. The smallest absolute Gasteiger partial charge is 0.147 e. The van der Waals surface area contributed by atoms with Gasteiger partial charge in [0, 0.05) is 0 Å². The lowest BCUT2D eigenvalue weighted by molar-refractivity contribution is -0.126. The van der Waals surface area contributed by atoms with E-state index < -0.39 is 0 Å². The molecule has 1 aliphatic heterocycles. The maximum atomic E-state index is 11.9. The van der Waals surface area contributed by atoms with Crippen LogP contribution in [-0.4, -0.2) is 30.3 Å². The summed E-state index contributed by atoms with van der Waals surface area (Å²) in [5.74, 6) is 1.85. The second kappa shape index (κ2) is 5.99. The highest BCUT2D eigenvalue weighted by Crippen LogP contribution is 2.37. The van der Waals surface area contributed by atoms with Gasteiger partial charge in [-0.25, -0.2) is 0 Å². The number of carbonyl (C=O) groups excluding carboxylic acids is 1. The second-order valence-electron chi connectivity index (χ2n) is 6.09. The molecule has 2 aliphatic rings. The molecule has 0 bridgehead atoms. The Balaban J connectivity index is 2.11. The van der Waals surface area contributed by atoms with Crippen molar-refractivity contribution in [3.8, 4) is 0 Å². The van der Waals surface area contributed by atoms with Crippen molar-refractivity contribution in [2.24, 2.45) is 11.8 Å². The lowest BCUT2D eigenvalue weighted by atomic mass is 9.74. The first-order chi connectivity index (χ1) is 8.20. The summed E-state index contributed by atoms with van der Waals surface area (Å²) >= 11 is 0. The largest absolute Gasteiger partial charge is 0.298 e. The molecule has 0 aromatic heterocycles. The predicted octanol–water partition coefficient (Wildman–Crippen LogP) is 3.26. The molecule has 0 radical (unpaired) electrons. The van der Waals surface area contributed by atoms with E-state index in [0.717, 1.165) is 12.5 Å². The van der Waals surface area contributed by atoms with Gasteiger partial charge in [-0.15, -0.1) is 0 Å². The Bertz CT molecular complexity index is 264. The molecule has 0 N–H and O–H groups in total. The first kappa shape index (κ1) is 13.1. The Hall–Kier alpha value is -0.370. The zero-order chi connectivity index (χ0) is 12.3. The number of fused-ring (bicyclic) bond motifs is 1. The number of piperidine rings is 1. The monoisotopic (exact) mass is 237 g/mol. The third-order valence-corrected chi connectivity index (χ3v) is 4.87. The molecule has 1 saturated carbocycles. The summed E-state index contributed by atoms with van der Waals surface area (Å²) in [6, 6.07) is 0.215. The van der Waals surface area contributed by atoms with Gasteiger partial charge in [-0.1, -0.05) is 38.5 Å². The first-order valence-corrected chi connectivity index (χ1v) is 7.41. The van der Waals surface area contributed by atoms with E-state index in [2.05, 4.69) is 11.9 Å². The maximum Gasteiger partial charge on any atom is 0.147 e. The molecule has 2 nitrogen and oxygen atoms in total. The highest BCUT2D eigenvalue weighted by molar-refractivity contribution is 5.81. The first-order valence-electron chi connectivity index (χ1n) is 7.41. The van der Waals surface area contributed by atoms with Crippen LogP contribution in [0.2, 0.25) is 0 Å². The second-order valence-corrected chi connectivity index (χ2v) is 6.09. The van der Waals surface area contributed by atoms with Crippen LogP contribution in [0.15, 0.2) is 0 Å². The summed E-state index contributed by atoms with van der Waals surface area (Å²) in [5, 5.41) is 0. The Kier molecular flexibility index (Phi) is 4.61. The van der Waals surface area contributed by atoms with Crippen molar-refractivity contribution < 1.29 is 4.79 Å². The van der Waals surface area contributed by atoms with Crippen molar-refractivity contribution in [2.45, 2.75) is 64.3 Å². The van der Waals surface area contributed by atoms with E-state index in [-0.39, 0.29) is 6.04 Å². The third-order valence-electron chi connectivity index (χ3n) is 4.87. The minimum atomic E-state index is 0.215.